The monoisotopic (exact) mass is 512 g/mol. The Morgan fingerprint density at radius 2 is 1.78 bits per heavy atom. The molecule has 0 N–H and O–H groups in total. The SMILES string of the molecule is Cc1cnc2cc(C3CCN(c4c(C)cccc4F)CC3)c(=O)n(Cc3nccnc3C(F)(F)F)c2n1. The Bertz CT molecular complexity index is 1510. The van der Waals surface area contributed by atoms with Crippen LogP contribution in [0.4, 0.5) is 23.2 Å². The van der Waals surface area contributed by atoms with E-state index in [-0.39, 0.29) is 23.1 Å². The third-order valence-corrected chi connectivity index (χ3v) is 6.73. The van der Waals surface area contributed by atoms with Crippen LogP contribution in [0.3, 0.4) is 0 Å². The highest BCUT2D eigenvalue weighted by molar-refractivity contribution is 5.71. The molecule has 5 rings (SSSR count). The summed E-state index contributed by atoms with van der Waals surface area (Å²) in [5.41, 5.74) is 1.01. The third kappa shape index (κ3) is 4.77. The van der Waals surface area contributed by atoms with Crippen LogP contribution in [0.2, 0.25) is 0 Å². The van der Waals surface area contributed by atoms with Gasteiger partial charge >= 0.3 is 6.18 Å². The van der Waals surface area contributed by atoms with Crippen molar-refractivity contribution in [3.63, 3.8) is 0 Å². The van der Waals surface area contributed by atoms with E-state index in [9.17, 15) is 22.4 Å². The fourth-order valence-electron chi connectivity index (χ4n) is 4.98. The molecule has 4 aromatic rings. The minimum atomic E-state index is -4.72. The van der Waals surface area contributed by atoms with Crippen molar-refractivity contribution in [3.05, 3.63) is 87.2 Å². The van der Waals surface area contributed by atoms with Crippen molar-refractivity contribution in [3.8, 4) is 0 Å². The maximum atomic E-state index is 14.5. The van der Waals surface area contributed by atoms with Crippen molar-refractivity contribution >= 4 is 16.9 Å². The number of anilines is 1. The van der Waals surface area contributed by atoms with Crippen LogP contribution in [0.5, 0.6) is 0 Å². The van der Waals surface area contributed by atoms with Gasteiger partial charge < -0.3 is 4.90 Å². The molecule has 0 saturated carbocycles. The first kappa shape index (κ1) is 24.8. The van der Waals surface area contributed by atoms with E-state index in [1.165, 1.54) is 16.8 Å². The molecule has 0 radical (unpaired) electrons. The second kappa shape index (κ2) is 9.53. The number of nitrogens with zero attached hydrogens (tertiary/aromatic N) is 6. The Balaban J connectivity index is 1.53. The molecule has 7 nitrogen and oxygen atoms in total. The van der Waals surface area contributed by atoms with E-state index in [1.54, 1.807) is 25.3 Å². The first-order valence-corrected chi connectivity index (χ1v) is 11.9. The summed E-state index contributed by atoms with van der Waals surface area (Å²) in [4.78, 5) is 31.8. The molecule has 4 heterocycles. The lowest BCUT2D eigenvalue weighted by Gasteiger charge is -2.34. The minimum Gasteiger partial charge on any atom is -0.369 e. The molecule has 0 spiro atoms. The van der Waals surface area contributed by atoms with Gasteiger partial charge in [-0.25, -0.2) is 14.4 Å². The highest BCUT2D eigenvalue weighted by atomic mass is 19.4. The van der Waals surface area contributed by atoms with Crippen LogP contribution < -0.4 is 10.5 Å². The molecule has 0 unspecified atom stereocenters. The average Bonchev–Trinajstić information content (AvgIpc) is 2.86. The molecule has 0 bridgehead atoms. The Hall–Kier alpha value is -3.89. The number of fused-ring (bicyclic) bond motifs is 1. The first-order chi connectivity index (χ1) is 17.6. The Kier molecular flexibility index (Phi) is 6.38. The molecule has 3 aromatic heterocycles. The summed E-state index contributed by atoms with van der Waals surface area (Å²) >= 11 is 0. The predicted molar refractivity (Wildman–Crippen MR) is 130 cm³/mol. The van der Waals surface area contributed by atoms with Crippen LogP contribution in [0.25, 0.3) is 11.2 Å². The molecular formula is C26H24F4N6O. The second-order valence-electron chi connectivity index (χ2n) is 9.23. The summed E-state index contributed by atoms with van der Waals surface area (Å²) in [5.74, 6) is -0.458. The Labute approximate surface area is 209 Å². The maximum absolute atomic E-state index is 14.5. The number of hydrogen-bond donors (Lipinski definition) is 0. The van der Waals surface area contributed by atoms with Crippen molar-refractivity contribution in [1.82, 2.24) is 24.5 Å². The van der Waals surface area contributed by atoms with Gasteiger partial charge in [-0.1, -0.05) is 12.1 Å². The summed E-state index contributed by atoms with van der Waals surface area (Å²) in [6, 6.07) is 6.63. The van der Waals surface area contributed by atoms with Gasteiger partial charge in [0, 0.05) is 37.2 Å². The lowest BCUT2D eigenvalue weighted by atomic mass is 9.89. The molecule has 0 atom stereocenters. The van der Waals surface area contributed by atoms with Crippen LogP contribution in [0.1, 0.15) is 47.0 Å². The molecule has 11 heteroatoms. The highest BCUT2D eigenvalue weighted by Gasteiger charge is 2.36. The Morgan fingerprint density at radius 1 is 1.05 bits per heavy atom. The number of pyridine rings is 1. The number of benzene rings is 1. The quantitative estimate of drug-likeness (QED) is 0.366. The summed E-state index contributed by atoms with van der Waals surface area (Å²) < 4.78 is 56.5. The molecule has 1 saturated heterocycles. The number of aromatic nitrogens is 5. The third-order valence-electron chi connectivity index (χ3n) is 6.73. The van der Waals surface area contributed by atoms with E-state index in [1.807, 2.05) is 17.9 Å². The number of piperidine rings is 1. The average molecular weight is 513 g/mol. The number of rotatable bonds is 4. The molecule has 1 aliphatic heterocycles. The van der Waals surface area contributed by atoms with E-state index in [4.69, 9.17) is 0 Å². The summed E-state index contributed by atoms with van der Waals surface area (Å²) in [6.07, 6.45) is 0.116. The smallest absolute Gasteiger partial charge is 0.369 e. The first-order valence-electron chi connectivity index (χ1n) is 11.9. The van der Waals surface area contributed by atoms with Crippen LogP contribution in [-0.2, 0) is 12.7 Å². The zero-order valence-electron chi connectivity index (χ0n) is 20.3. The van der Waals surface area contributed by atoms with E-state index >= 15 is 0 Å². The van der Waals surface area contributed by atoms with Gasteiger partial charge in [0.2, 0.25) is 0 Å². The number of halogens is 4. The largest absolute Gasteiger partial charge is 0.435 e. The van der Waals surface area contributed by atoms with Gasteiger partial charge in [-0.15, -0.1) is 0 Å². The standard InChI is InChI=1S/C26H24F4N6O/c1-15-4-3-5-19(27)22(15)35-10-6-17(7-11-35)18-12-20-24(34-16(2)13-33-20)36(25(18)37)14-21-23(26(28,29)30)32-9-8-31-21/h3-5,8-9,12-13,17H,6-7,10-11,14H2,1-2H3. The number of hydrogen-bond acceptors (Lipinski definition) is 6. The normalized spacial score (nSPS) is 14.9. The number of alkyl halides is 3. The van der Waals surface area contributed by atoms with Crippen LogP contribution >= 0.6 is 0 Å². The molecule has 0 amide bonds. The molecule has 192 valence electrons. The van der Waals surface area contributed by atoms with Crippen molar-refractivity contribution in [2.24, 2.45) is 0 Å². The fourth-order valence-corrected chi connectivity index (χ4v) is 4.98. The van der Waals surface area contributed by atoms with Crippen molar-refractivity contribution in [2.45, 2.75) is 45.3 Å². The van der Waals surface area contributed by atoms with E-state index in [0.717, 1.165) is 11.8 Å². The summed E-state index contributed by atoms with van der Waals surface area (Å²) in [5, 5.41) is 0. The Morgan fingerprint density at radius 3 is 2.49 bits per heavy atom. The molecule has 1 aliphatic rings. The van der Waals surface area contributed by atoms with Gasteiger partial charge in [-0.05, 0) is 50.3 Å². The molecule has 37 heavy (non-hydrogen) atoms. The van der Waals surface area contributed by atoms with E-state index < -0.39 is 24.0 Å². The second-order valence-corrected chi connectivity index (χ2v) is 9.23. The zero-order valence-corrected chi connectivity index (χ0v) is 20.3. The molecule has 0 aliphatic carbocycles. The topological polar surface area (TPSA) is 76.8 Å². The van der Waals surface area contributed by atoms with E-state index in [0.29, 0.717) is 48.4 Å². The lowest BCUT2D eigenvalue weighted by molar-refractivity contribution is -0.142. The van der Waals surface area contributed by atoms with Gasteiger partial charge in [0.25, 0.3) is 5.56 Å². The van der Waals surface area contributed by atoms with Crippen molar-refractivity contribution in [1.29, 1.82) is 0 Å². The predicted octanol–water partition coefficient (Wildman–Crippen LogP) is 4.79. The molecule has 1 aromatic carbocycles. The highest BCUT2D eigenvalue weighted by Crippen LogP contribution is 2.33. The van der Waals surface area contributed by atoms with Gasteiger partial charge in [-0.3, -0.25) is 19.3 Å². The number of aryl methyl sites for hydroxylation is 2. The molecular weight excluding hydrogens is 488 g/mol. The zero-order chi connectivity index (χ0) is 26.3. The van der Waals surface area contributed by atoms with E-state index in [2.05, 4.69) is 19.9 Å². The maximum Gasteiger partial charge on any atom is 0.435 e. The van der Waals surface area contributed by atoms with Gasteiger partial charge in [0.1, 0.15) is 11.3 Å². The van der Waals surface area contributed by atoms with Crippen LogP contribution in [0.15, 0.2) is 47.7 Å². The van der Waals surface area contributed by atoms with Gasteiger partial charge in [0.15, 0.2) is 11.3 Å². The summed E-state index contributed by atoms with van der Waals surface area (Å²) in [7, 11) is 0. The lowest BCUT2D eigenvalue weighted by Crippen LogP contribution is -2.36. The number of para-hydroxylation sites is 1. The summed E-state index contributed by atoms with van der Waals surface area (Å²) in [6.45, 7) is 4.17. The van der Waals surface area contributed by atoms with Gasteiger partial charge in [-0.2, -0.15) is 13.2 Å². The van der Waals surface area contributed by atoms with Gasteiger partial charge in [0.05, 0.1) is 23.6 Å². The van der Waals surface area contributed by atoms with Crippen LogP contribution in [0, 0.1) is 19.7 Å². The van der Waals surface area contributed by atoms with Crippen molar-refractivity contribution in [2.75, 3.05) is 18.0 Å². The molecule has 1 fully saturated rings. The van der Waals surface area contributed by atoms with Crippen molar-refractivity contribution < 1.29 is 17.6 Å². The minimum absolute atomic E-state index is 0.168. The van der Waals surface area contributed by atoms with Crippen LogP contribution in [-0.4, -0.2) is 37.6 Å². The fraction of sp³-hybridized carbons (Fsp3) is 0.346.